The molecule has 3 nitrogen and oxygen atoms in total. The van der Waals surface area contributed by atoms with Crippen molar-refractivity contribution in [3.8, 4) is 0 Å². The fraction of sp³-hybridized carbons (Fsp3) is 0.214. The third-order valence-electron chi connectivity index (χ3n) is 2.79. The summed E-state index contributed by atoms with van der Waals surface area (Å²) in [6, 6.07) is 12.3. The van der Waals surface area contributed by atoms with Gasteiger partial charge < -0.3 is 11.1 Å². The quantitative estimate of drug-likeness (QED) is 0.843. The van der Waals surface area contributed by atoms with Crippen LogP contribution in [0.15, 0.2) is 48.8 Å². The van der Waals surface area contributed by atoms with Crippen LogP contribution in [0.5, 0.6) is 0 Å². The second-order valence-corrected chi connectivity index (χ2v) is 4.03. The normalized spacial score (nSPS) is 12.1. The summed E-state index contributed by atoms with van der Waals surface area (Å²) in [6.45, 7) is 2.60. The van der Waals surface area contributed by atoms with Gasteiger partial charge in [0.05, 0.1) is 6.04 Å². The van der Waals surface area contributed by atoms with Crippen LogP contribution < -0.4 is 11.1 Å². The first-order valence-corrected chi connectivity index (χ1v) is 5.73. The van der Waals surface area contributed by atoms with Gasteiger partial charge in [0.15, 0.2) is 0 Å². The Balaban J connectivity index is 2.19. The highest BCUT2D eigenvalue weighted by atomic mass is 14.9. The van der Waals surface area contributed by atoms with Crippen LogP contribution in [-0.2, 0) is 0 Å². The van der Waals surface area contributed by atoms with E-state index in [1.165, 1.54) is 5.56 Å². The second-order valence-electron chi connectivity index (χ2n) is 4.03. The largest absolute Gasteiger partial charge is 0.377 e. The number of nitrogens with two attached hydrogens (primary N) is 1. The highest BCUT2D eigenvalue weighted by Gasteiger charge is 2.09. The van der Waals surface area contributed by atoms with Gasteiger partial charge in [0.2, 0.25) is 0 Å². The minimum atomic E-state index is 0.136. The highest BCUT2D eigenvalue weighted by molar-refractivity contribution is 5.50. The number of hydrogen-bond donors (Lipinski definition) is 2. The van der Waals surface area contributed by atoms with Crippen molar-refractivity contribution < 1.29 is 0 Å². The van der Waals surface area contributed by atoms with Gasteiger partial charge in [0.1, 0.15) is 0 Å². The molecule has 0 aliphatic rings. The second kappa shape index (κ2) is 5.46. The van der Waals surface area contributed by atoms with E-state index in [0.29, 0.717) is 6.54 Å². The maximum Gasteiger partial charge on any atom is 0.0636 e. The van der Waals surface area contributed by atoms with Crippen molar-refractivity contribution >= 4 is 5.69 Å². The monoisotopic (exact) mass is 227 g/mol. The summed E-state index contributed by atoms with van der Waals surface area (Å²) in [4.78, 5) is 4.08. The molecule has 0 spiro atoms. The van der Waals surface area contributed by atoms with E-state index in [9.17, 15) is 0 Å². The number of benzene rings is 1. The van der Waals surface area contributed by atoms with Crippen molar-refractivity contribution in [3.63, 3.8) is 0 Å². The molecule has 3 heteroatoms. The summed E-state index contributed by atoms with van der Waals surface area (Å²) in [7, 11) is 0. The zero-order valence-corrected chi connectivity index (χ0v) is 9.93. The molecule has 1 heterocycles. The molecule has 88 valence electrons. The SMILES string of the molecule is Cc1cnccc1NC(CN)c1ccccc1. The molecule has 3 N–H and O–H groups in total. The third kappa shape index (κ3) is 2.82. The Hall–Kier alpha value is -1.87. The van der Waals surface area contributed by atoms with E-state index in [1.54, 1.807) is 6.20 Å². The summed E-state index contributed by atoms with van der Waals surface area (Å²) in [5, 5.41) is 3.45. The van der Waals surface area contributed by atoms with E-state index in [2.05, 4.69) is 22.4 Å². The summed E-state index contributed by atoms with van der Waals surface area (Å²) in [5.41, 5.74) is 9.23. The number of hydrogen-bond acceptors (Lipinski definition) is 3. The van der Waals surface area contributed by atoms with E-state index in [4.69, 9.17) is 5.73 Å². The van der Waals surface area contributed by atoms with Crippen molar-refractivity contribution in [2.45, 2.75) is 13.0 Å². The van der Waals surface area contributed by atoms with Gasteiger partial charge in [-0.25, -0.2) is 0 Å². The Labute approximate surface area is 102 Å². The molecule has 1 aromatic heterocycles. The van der Waals surface area contributed by atoms with Gasteiger partial charge in [0, 0.05) is 24.6 Å². The van der Waals surface area contributed by atoms with Crippen molar-refractivity contribution in [1.82, 2.24) is 4.98 Å². The number of anilines is 1. The number of rotatable bonds is 4. The molecule has 2 aromatic rings. The zero-order valence-electron chi connectivity index (χ0n) is 9.93. The molecule has 0 saturated heterocycles. The average Bonchev–Trinajstić information content (AvgIpc) is 2.39. The minimum Gasteiger partial charge on any atom is -0.377 e. The zero-order chi connectivity index (χ0) is 12.1. The molecule has 0 bridgehead atoms. The third-order valence-corrected chi connectivity index (χ3v) is 2.79. The van der Waals surface area contributed by atoms with Crippen molar-refractivity contribution in [1.29, 1.82) is 0 Å². The molecule has 1 atom stereocenters. The van der Waals surface area contributed by atoms with Crippen LogP contribution in [0.2, 0.25) is 0 Å². The van der Waals surface area contributed by atoms with Crippen LogP contribution in [-0.4, -0.2) is 11.5 Å². The first-order chi connectivity index (χ1) is 8.31. The number of pyridine rings is 1. The summed E-state index contributed by atoms with van der Waals surface area (Å²) < 4.78 is 0. The van der Waals surface area contributed by atoms with Crippen molar-refractivity contribution in [2.75, 3.05) is 11.9 Å². The van der Waals surface area contributed by atoms with E-state index >= 15 is 0 Å². The molecule has 17 heavy (non-hydrogen) atoms. The Morgan fingerprint density at radius 1 is 1.24 bits per heavy atom. The maximum absolute atomic E-state index is 5.82. The molecule has 1 unspecified atom stereocenters. The Morgan fingerprint density at radius 2 is 2.00 bits per heavy atom. The van der Waals surface area contributed by atoms with Gasteiger partial charge >= 0.3 is 0 Å². The molecule has 0 aliphatic heterocycles. The Bertz CT molecular complexity index is 468. The van der Waals surface area contributed by atoms with Crippen molar-refractivity contribution in [3.05, 3.63) is 59.9 Å². The first kappa shape index (κ1) is 11.6. The van der Waals surface area contributed by atoms with E-state index in [-0.39, 0.29) is 6.04 Å². The molecule has 1 aromatic carbocycles. The van der Waals surface area contributed by atoms with E-state index < -0.39 is 0 Å². The highest BCUT2D eigenvalue weighted by Crippen LogP contribution is 2.20. The maximum atomic E-state index is 5.82. The fourth-order valence-electron chi connectivity index (χ4n) is 1.79. The van der Waals surface area contributed by atoms with Crippen LogP contribution in [0.1, 0.15) is 17.2 Å². The minimum absolute atomic E-state index is 0.136. The van der Waals surface area contributed by atoms with E-state index in [1.807, 2.05) is 37.4 Å². The fourth-order valence-corrected chi connectivity index (χ4v) is 1.79. The van der Waals surface area contributed by atoms with Crippen LogP contribution >= 0.6 is 0 Å². The van der Waals surface area contributed by atoms with E-state index in [0.717, 1.165) is 11.3 Å². The molecular weight excluding hydrogens is 210 g/mol. The standard InChI is InChI=1S/C14H17N3/c1-11-10-16-8-7-13(11)17-14(9-15)12-5-3-2-4-6-12/h2-8,10,14H,9,15H2,1H3,(H,16,17). The van der Waals surface area contributed by atoms with Gasteiger partial charge in [-0.3, -0.25) is 4.98 Å². The lowest BCUT2D eigenvalue weighted by Crippen LogP contribution is -2.20. The van der Waals surface area contributed by atoms with Crippen LogP contribution in [0.4, 0.5) is 5.69 Å². The Morgan fingerprint density at radius 3 is 2.65 bits per heavy atom. The molecule has 0 aliphatic carbocycles. The first-order valence-electron chi connectivity index (χ1n) is 5.73. The van der Waals surface area contributed by atoms with Crippen LogP contribution in [0.25, 0.3) is 0 Å². The molecule has 0 amide bonds. The lowest BCUT2D eigenvalue weighted by atomic mass is 10.1. The molecule has 0 fully saturated rings. The Kier molecular flexibility index (Phi) is 3.73. The van der Waals surface area contributed by atoms with Gasteiger partial charge in [-0.05, 0) is 24.1 Å². The topological polar surface area (TPSA) is 50.9 Å². The molecule has 0 radical (unpaired) electrons. The van der Waals surface area contributed by atoms with Crippen LogP contribution in [0.3, 0.4) is 0 Å². The van der Waals surface area contributed by atoms with Gasteiger partial charge in [-0.1, -0.05) is 30.3 Å². The number of nitrogens with one attached hydrogen (secondary N) is 1. The van der Waals surface area contributed by atoms with Crippen molar-refractivity contribution in [2.24, 2.45) is 5.73 Å². The smallest absolute Gasteiger partial charge is 0.0636 e. The summed E-state index contributed by atoms with van der Waals surface area (Å²) in [5.74, 6) is 0. The lowest BCUT2D eigenvalue weighted by molar-refractivity contribution is 0.788. The molecule has 0 saturated carbocycles. The number of nitrogens with zero attached hydrogens (tertiary/aromatic N) is 1. The number of aromatic nitrogens is 1. The summed E-state index contributed by atoms with van der Waals surface area (Å²) in [6.07, 6.45) is 3.63. The van der Waals surface area contributed by atoms with Gasteiger partial charge in [-0.2, -0.15) is 0 Å². The van der Waals surface area contributed by atoms with Gasteiger partial charge in [-0.15, -0.1) is 0 Å². The van der Waals surface area contributed by atoms with Gasteiger partial charge in [0.25, 0.3) is 0 Å². The number of aryl methyl sites for hydroxylation is 1. The molecular formula is C14H17N3. The predicted octanol–water partition coefficient (Wildman–Crippen LogP) is 2.50. The molecule has 2 rings (SSSR count). The van der Waals surface area contributed by atoms with Crippen LogP contribution in [0, 0.1) is 6.92 Å². The summed E-state index contributed by atoms with van der Waals surface area (Å²) >= 11 is 0. The predicted molar refractivity (Wildman–Crippen MR) is 70.8 cm³/mol. The lowest BCUT2D eigenvalue weighted by Gasteiger charge is -2.19. The average molecular weight is 227 g/mol.